The largest absolute Gasteiger partial charge is 0.497 e. The zero-order chi connectivity index (χ0) is 31.9. The molecule has 4 nitrogen and oxygen atoms in total. The molecule has 0 radical (unpaired) electrons. The number of aliphatic imine (C=N–C) groups is 1. The number of methoxy groups -OCH3 is 1. The van der Waals surface area contributed by atoms with Crippen molar-refractivity contribution < 1.29 is 4.74 Å². The Kier molecular flexibility index (Phi) is 9.01. The van der Waals surface area contributed by atoms with E-state index in [9.17, 15) is 0 Å². The van der Waals surface area contributed by atoms with E-state index in [1.54, 1.807) is 18.4 Å². The number of para-hydroxylation sites is 1. The van der Waals surface area contributed by atoms with E-state index in [1.807, 2.05) is 60.7 Å². The van der Waals surface area contributed by atoms with E-state index in [0.717, 1.165) is 37.0 Å². The molecule has 6 aromatic carbocycles. The predicted octanol–water partition coefficient (Wildman–Crippen LogP) is 8.07. The van der Waals surface area contributed by atoms with Crippen LogP contribution >= 0.6 is 18.2 Å². The van der Waals surface area contributed by atoms with Crippen molar-refractivity contribution in [1.29, 1.82) is 0 Å². The standard InChI is InChI=1S/C41H32N3OPS/c1-45-34-29-27-33(28-30-34)42-39(31-17-7-2-8-18-31)44-41-38(40(47-41)43-32-19-9-3-10-20-32)46(35-21-11-4-12-22-35,36-23-13-5-14-24-36)37-25-15-6-16-26-37/h2-30H,1H3. The van der Waals surface area contributed by atoms with Gasteiger partial charge in [-0.1, -0.05) is 151 Å². The van der Waals surface area contributed by atoms with Gasteiger partial charge in [0.15, 0.2) is 5.84 Å². The van der Waals surface area contributed by atoms with Crippen LogP contribution in [-0.4, -0.2) is 12.9 Å². The maximum atomic E-state index is 5.41. The Balaban J connectivity index is 1.67. The van der Waals surface area contributed by atoms with Gasteiger partial charge in [0.05, 0.1) is 23.4 Å². The van der Waals surface area contributed by atoms with Crippen molar-refractivity contribution in [2.45, 2.75) is 0 Å². The van der Waals surface area contributed by atoms with Crippen LogP contribution < -0.4 is 30.0 Å². The molecule has 0 fully saturated rings. The molecule has 0 unspecified atom stereocenters. The fraction of sp³-hybridized carbons (Fsp3) is 0.0244. The van der Waals surface area contributed by atoms with Crippen LogP contribution in [-0.2, 0) is 0 Å². The highest BCUT2D eigenvalue weighted by Gasteiger charge is 2.29. The predicted molar refractivity (Wildman–Crippen MR) is 198 cm³/mol. The molecule has 0 atom stereocenters. The Labute approximate surface area is 278 Å². The van der Waals surface area contributed by atoms with Crippen molar-refractivity contribution in [2.75, 3.05) is 7.11 Å². The second-order valence-corrected chi connectivity index (χ2v) is 15.1. The van der Waals surface area contributed by atoms with E-state index < -0.39 is 6.89 Å². The monoisotopic (exact) mass is 645 g/mol. The zero-order valence-electron chi connectivity index (χ0n) is 25.8. The van der Waals surface area contributed by atoms with Gasteiger partial charge in [-0.25, -0.2) is 15.0 Å². The van der Waals surface area contributed by atoms with Crippen LogP contribution in [0.3, 0.4) is 0 Å². The minimum Gasteiger partial charge on any atom is -0.497 e. The summed E-state index contributed by atoms with van der Waals surface area (Å²) in [5, 5.41) is 3.73. The first-order valence-corrected chi connectivity index (χ1v) is 18.0. The van der Waals surface area contributed by atoms with Gasteiger partial charge in [-0.2, -0.15) is 0 Å². The lowest BCUT2D eigenvalue weighted by Gasteiger charge is -2.29. The van der Waals surface area contributed by atoms with Crippen molar-refractivity contribution >= 4 is 51.3 Å². The van der Waals surface area contributed by atoms with Gasteiger partial charge in [0.2, 0.25) is 0 Å². The van der Waals surface area contributed by atoms with Gasteiger partial charge in [0.25, 0.3) is 0 Å². The zero-order valence-corrected chi connectivity index (χ0v) is 27.6. The highest BCUT2D eigenvalue weighted by atomic mass is 32.1. The highest BCUT2D eigenvalue weighted by Crippen LogP contribution is 2.46. The number of hydrogen-bond acceptors (Lipinski definition) is 4. The summed E-state index contributed by atoms with van der Waals surface area (Å²) >= 11 is 1.62. The van der Waals surface area contributed by atoms with Gasteiger partial charge in [-0.15, -0.1) is 0 Å². The fourth-order valence-corrected chi connectivity index (χ4v) is 11.7. The number of nitrogens with zero attached hydrogens (tertiary/aromatic N) is 3. The van der Waals surface area contributed by atoms with Crippen LogP contribution in [0.25, 0.3) is 0 Å². The molecular weight excluding hydrogens is 614 g/mol. The summed E-state index contributed by atoms with van der Waals surface area (Å²) < 4.78 is 7.28. The molecule has 7 aromatic rings. The number of hydrogen-bond donors (Lipinski definition) is 0. The van der Waals surface area contributed by atoms with Gasteiger partial charge in [-0.3, -0.25) is 0 Å². The summed E-state index contributed by atoms with van der Waals surface area (Å²) in [6.45, 7) is -2.48. The molecule has 0 amide bonds. The van der Waals surface area contributed by atoms with E-state index in [2.05, 4.69) is 115 Å². The maximum absolute atomic E-state index is 5.41. The average Bonchev–Trinajstić information content (AvgIpc) is 3.15. The van der Waals surface area contributed by atoms with Crippen LogP contribution in [0.15, 0.2) is 191 Å². The van der Waals surface area contributed by atoms with Crippen molar-refractivity contribution in [1.82, 2.24) is 0 Å². The van der Waals surface area contributed by atoms with Crippen LogP contribution in [0.1, 0.15) is 5.56 Å². The lowest BCUT2D eigenvalue weighted by atomic mass is 10.2. The first kappa shape index (κ1) is 30.3. The maximum Gasteiger partial charge on any atom is 0.161 e. The van der Waals surface area contributed by atoms with Crippen LogP contribution in [0, 0.1) is 4.94 Å². The SMILES string of the molecule is COc1ccc(N=C(N=c2sc(=Nc3ccccc3)c2=P(c2ccccc2)(c2ccccc2)c2ccccc2)c2ccccc2)cc1. The topological polar surface area (TPSA) is 46.3 Å². The van der Waals surface area contributed by atoms with Gasteiger partial charge in [-0.05, 0) is 59.2 Å². The first-order chi connectivity index (χ1) is 23.3. The van der Waals surface area contributed by atoms with Gasteiger partial charge < -0.3 is 4.74 Å². The normalized spacial score (nSPS) is 12.7. The molecule has 6 heteroatoms. The molecule has 0 spiro atoms. The molecular formula is C41H32N3OPS. The third-order valence-electron chi connectivity index (χ3n) is 7.90. The Morgan fingerprint density at radius 3 is 1.47 bits per heavy atom. The molecule has 228 valence electrons. The molecule has 0 bridgehead atoms. The van der Waals surface area contributed by atoms with Crippen LogP contribution in [0.2, 0.25) is 0 Å². The second kappa shape index (κ2) is 14.0. The molecule has 0 aliphatic carbocycles. The summed E-state index contributed by atoms with van der Waals surface area (Å²) in [6, 6.07) is 60.7. The van der Waals surface area contributed by atoms with E-state index in [4.69, 9.17) is 19.7 Å². The molecule has 0 N–H and O–H groups in total. The van der Waals surface area contributed by atoms with Crippen molar-refractivity contribution in [3.8, 4) is 5.75 Å². The number of rotatable bonds is 7. The van der Waals surface area contributed by atoms with Crippen molar-refractivity contribution in [3.63, 3.8) is 0 Å². The number of amidine groups is 1. The van der Waals surface area contributed by atoms with E-state index >= 15 is 0 Å². The lowest BCUT2D eigenvalue weighted by molar-refractivity contribution is 0.415. The molecule has 1 heterocycles. The second-order valence-electron chi connectivity index (χ2n) is 10.8. The molecule has 0 saturated heterocycles. The van der Waals surface area contributed by atoms with Gasteiger partial charge in [0.1, 0.15) is 15.1 Å². The molecule has 0 saturated carbocycles. The number of ether oxygens (including phenoxy) is 1. The summed E-state index contributed by atoms with van der Waals surface area (Å²) in [5.41, 5.74) is 2.65. The summed E-state index contributed by atoms with van der Waals surface area (Å²) in [6.07, 6.45) is 0. The molecule has 0 aliphatic heterocycles. The quantitative estimate of drug-likeness (QED) is 0.0983. The third kappa shape index (κ3) is 6.24. The summed E-state index contributed by atoms with van der Waals surface area (Å²) in [7, 11) is 1.67. The van der Waals surface area contributed by atoms with Crippen LogP contribution in [0.4, 0.5) is 11.4 Å². The number of benzene rings is 6. The summed E-state index contributed by atoms with van der Waals surface area (Å²) in [4.78, 5) is 16.9. The molecule has 47 heavy (non-hydrogen) atoms. The molecule has 7 rings (SSSR count). The van der Waals surface area contributed by atoms with Crippen LogP contribution in [0.5, 0.6) is 5.75 Å². The van der Waals surface area contributed by atoms with E-state index in [-0.39, 0.29) is 0 Å². The Morgan fingerprint density at radius 2 is 0.979 bits per heavy atom. The van der Waals surface area contributed by atoms with Crippen molar-refractivity contribution in [2.24, 2.45) is 15.0 Å². The van der Waals surface area contributed by atoms with Gasteiger partial charge >= 0.3 is 0 Å². The lowest BCUT2D eigenvalue weighted by Crippen LogP contribution is -2.34. The molecule has 1 aromatic heterocycles. The third-order valence-corrected chi connectivity index (χ3v) is 13.5. The molecule has 0 aliphatic rings. The average molecular weight is 646 g/mol. The van der Waals surface area contributed by atoms with E-state index in [1.165, 1.54) is 15.9 Å². The minimum absolute atomic E-state index is 0.641. The van der Waals surface area contributed by atoms with Crippen molar-refractivity contribution in [3.05, 3.63) is 196 Å². The fourth-order valence-electron chi connectivity index (χ4n) is 5.70. The Bertz CT molecular complexity index is 2210. The van der Waals surface area contributed by atoms with E-state index in [0.29, 0.717) is 5.84 Å². The highest BCUT2D eigenvalue weighted by molar-refractivity contribution is 7.89. The van der Waals surface area contributed by atoms with Gasteiger partial charge in [0, 0.05) is 5.56 Å². The smallest absolute Gasteiger partial charge is 0.161 e. The summed E-state index contributed by atoms with van der Waals surface area (Å²) in [5.74, 6) is 1.42. The first-order valence-electron chi connectivity index (χ1n) is 15.4. The Morgan fingerprint density at radius 1 is 0.511 bits per heavy atom. The Hall–Kier alpha value is -5.35. The minimum atomic E-state index is -2.48.